The quantitative estimate of drug-likeness (QED) is 0.353. The van der Waals surface area contributed by atoms with Crippen molar-refractivity contribution in [2.24, 2.45) is 5.92 Å². The summed E-state index contributed by atoms with van der Waals surface area (Å²) in [5, 5.41) is 14.0. The third kappa shape index (κ3) is 7.15. The number of aryl methyl sites for hydroxylation is 2. The number of nitrogens with zero attached hydrogens (tertiary/aromatic N) is 3. The van der Waals surface area contributed by atoms with Crippen LogP contribution in [0.2, 0.25) is 5.02 Å². The van der Waals surface area contributed by atoms with Crippen LogP contribution in [-0.4, -0.2) is 81.1 Å². The number of fused-ring (bicyclic) bond motifs is 1. The monoisotopic (exact) mass is 654 g/mol. The van der Waals surface area contributed by atoms with Crippen molar-refractivity contribution in [1.82, 2.24) is 14.4 Å². The maximum Gasteiger partial charge on any atom is 0.261 e. The van der Waals surface area contributed by atoms with Gasteiger partial charge in [0.1, 0.15) is 22.4 Å². The molecule has 43 heavy (non-hydrogen) atoms. The van der Waals surface area contributed by atoms with Gasteiger partial charge in [0.25, 0.3) is 10.0 Å². The molecule has 0 spiro atoms. The number of hydrogen-bond acceptors (Lipinski definition) is 9. The van der Waals surface area contributed by atoms with Gasteiger partial charge in [0.05, 0.1) is 30.5 Å². The number of ether oxygens (including phenoxy) is 1. The van der Waals surface area contributed by atoms with E-state index in [0.717, 1.165) is 4.31 Å². The molecule has 0 radical (unpaired) electrons. The number of amides is 1. The maximum absolute atomic E-state index is 13.5. The fourth-order valence-corrected chi connectivity index (χ4v) is 7.53. The summed E-state index contributed by atoms with van der Waals surface area (Å²) < 4.78 is 68.1. The summed E-state index contributed by atoms with van der Waals surface area (Å²) in [4.78, 5) is 15.0. The molecule has 1 amide bonds. The molecule has 1 aromatic heterocycles. The van der Waals surface area contributed by atoms with E-state index in [4.69, 9.17) is 20.9 Å². The third-order valence-electron chi connectivity index (χ3n) is 7.37. The Morgan fingerprint density at radius 1 is 1.16 bits per heavy atom. The summed E-state index contributed by atoms with van der Waals surface area (Å²) >= 11 is 5.90. The summed E-state index contributed by atoms with van der Waals surface area (Å²) in [7, 11) is -6.53. The number of nitrogens with one attached hydrogen (secondary N) is 1. The first-order chi connectivity index (χ1) is 20.1. The molecular formula is C28H35ClN4O8S2. The van der Waals surface area contributed by atoms with Crippen LogP contribution >= 0.6 is 11.6 Å². The highest BCUT2D eigenvalue weighted by Gasteiger charge is 2.35. The lowest BCUT2D eigenvalue weighted by Gasteiger charge is -2.33. The molecule has 3 aromatic rings. The summed E-state index contributed by atoms with van der Waals surface area (Å²) in [6.07, 6.45) is -0.863. The van der Waals surface area contributed by atoms with Gasteiger partial charge in [-0.25, -0.2) is 16.8 Å². The van der Waals surface area contributed by atoms with Crippen LogP contribution in [0.25, 0.3) is 0 Å². The number of hydrogen-bond donors (Lipinski definition) is 2. The second-order valence-corrected chi connectivity index (χ2v) is 14.8. The van der Waals surface area contributed by atoms with E-state index in [1.807, 2.05) is 6.92 Å². The van der Waals surface area contributed by atoms with Crippen molar-refractivity contribution in [2.45, 2.75) is 56.1 Å². The van der Waals surface area contributed by atoms with Crippen molar-refractivity contribution in [3.05, 3.63) is 64.5 Å². The second kappa shape index (κ2) is 12.8. The molecule has 0 bridgehead atoms. The molecule has 15 heteroatoms. The Kier molecular flexibility index (Phi) is 9.76. The zero-order chi connectivity index (χ0) is 31.7. The highest BCUT2D eigenvalue weighted by molar-refractivity contribution is 7.92. The zero-order valence-electron chi connectivity index (χ0n) is 24.4. The SMILES string of the molecule is Cc1noc(C)c1S(=O)(=O)N(C)C[C@H]1Oc2ccc(NS(=O)(=O)c3ccc(Cl)cc3)cc2CC(=O)N([C@@H](C)CO)C[C@H]1C. The molecule has 0 saturated heterocycles. The Bertz CT molecular complexity index is 1670. The van der Waals surface area contributed by atoms with Crippen LogP contribution in [0.15, 0.2) is 56.8 Å². The van der Waals surface area contributed by atoms with Crippen LogP contribution in [0, 0.1) is 19.8 Å². The Labute approximate surface area is 256 Å². The number of anilines is 1. The van der Waals surface area contributed by atoms with Crippen LogP contribution < -0.4 is 9.46 Å². The van der Waals surface area contributed by atoms with Gasteiger partial charge in [-0.1, -0.05) is 23.7 Å². The van der Waals surface area contributed by atoms with Gasteiger partial charge < -0.3 is 19.3 Å². The molecule has 1 aliphatic heterocycles. The first kappa shape index (κ1) is 32.7. The Morgan fingerprint density at radius 2 is 1.84 bits per heavy atom. The van der Waals surface area contributed by atoms with E-state index in [1.165, 1.54) is 55.3 Å². The van der Waals surface area contributed by atoms with Crippen LogP contribution in [0.1, 0.15) is 30.9 Å². The van der Waals surface area contributed by atoms with Crippen molar-refractivity contribution >= 4 is 43.2 Å². The highest BCUT2D eigenvalue weighted by Crippen LogP contribution is 2.31. The number of aromatic nitrogens is 1. The largest absolute Gasteiger partial charge is 0.488 e. The molecule has 2 heterocycles. The molecule has 2 N–H and O–H groups in total. The lowest BCUT2D eigenvalue weighted by molar-refractivity contribution is -0.134. The van der Waals surface area contributed by atoms with E-state index in [-0.39, 0.29) is 64.9 Å². The molecule has 4 rings (SSSR count). The number of sulfonamides is 2. The molecule has 0 unspecified atom stereocenters. The first-order valence-electron chi connectivity index (χ1n) is 13.5. The normalized spacial score (nSPS) is 18.8. The predicted octanol–water partition coefficient (Wildman–Crippen LogP) is 3.22. The van der Waals surface area contributed by atoms with E-state index in [1.54, 1.807) is 19.9 Å². The van der Waals surface area contributed by atoms with Crippen molar-refractivity contribution in [2.75, 3.05) is 31.5 Å². The molecule has 0 aliphatic carbocycles. The molecule has 0 fully saturated rings. The fraction of sp³-hybridized carbons (Fsp3) is 0.429. The lowest BCUT2D eigenvalue weighted by Crippen LogP contribution is -2.48. The maximum atomic E-state index is 13.5. The molecule has 2 aromatic carbocycles. The van der Waals surface area contributed by atoms with Crippen molar-refractivity contribution < 1.29 is 36.0 Å². The lowest BCUT2D eigenvalue weighted by atomic mass is 10.0. The first-order valence-corrected chi connectivity index (χ1v) is 16.8. The molecule has 234 valence electrons. The highest BCUT2D eigenvalue weighted by atomic mass is 35.5. The third-order valence-corrected chi connectivity index (χ3v) is 11.1. The van der Waals surface area contributed by atoms with Gasteiger partial charge in [-0.3, -0.25) is 9.52 Å². The van der Waals surface area contributed by atoms with E-state index in [2.05, 4.69) is 9.88 Å². The smallest absolute Gasteiger partial charge is 0.261 e. The molecular weight excluding hydrogens is 620 g/mol. The van der Waals surface area contributed by atoms with Crippen LogP contribution in [0.3, 0.4) is 0 Å². The standard InChI is InChI=1S/C28H35ClN4O8S2/c1-17-14-33(18(2)16-34)27(35)13-21-12-23(31-42(36,37)24-9-6-22(29)7-10-24)8-11-25(21)40-26(17)15-32(5)43(38,39)28-19(3)30-41-20(28)4/h6-12,17-18,26,31,34H,13-16H2,1-5H3/t17-,18+,26-/m1/s1. The Morgan fingerprint density at radius 3 is 2.44 bits per heavy atom. The topological polar surface area (TPSA) is 159 Å². The van der Waals surface area contributed by atoms with E-state index >= 15 is 0 Å². The number of carbonyl (C=O) groups is 1. The average molecular weight is 655 g/mol. The number of aliphatic hydroxyl groups excluding tert-OH is 1. The van der Waals surface area contributed by atoms with Crippen LogP contribution in [0.5, 0.6) is 5.75 Å². The number of benzene rings is 2. The van der Waals surface area contributed by atoms with Gasteiger partial charge in [-0.2, -0.15) is 4.31 Å². The van der Waals surface area contributed by atoms with Gasteiger partial charge in [-0.05, 0) is 63.2 Å². The zero-order valence-corrected chi connectivity index (χ0v) is 26.8. The minimum Gasteiger partial charge on any atom is -0.488 e. The van der Waals surface area contributed by atoms with Gasteiger partial charge in [0.15, 0.2) is 5.76 Å². The van der Waals surface area contributed by atoms with Crippen LogP contribution in [0.4, 0.5) is 5.69 Å². The number of likely N-dealkylation sites (N-methyl/N-ethyl adjacent to an activating group) is 1. The van der Waals surface area contributed by atoms with Crippen molar-refractivity contribution in [3.8, 4) is 5.75 Å². The second-order valence-electron chi connectivity index (χ2n) is 10.7. The van der Waals surface area contributed by atoms with E-state index in [9.17, 15) is 26.7 Å². The molecule has 1 aliphatic rings. The van der Waals surface area contributed by atoms with Gasteiger partial charge in [-0.15, -0.1) is 0 Å². The number of halogens is 1. The number of rotatable bonds is 9. The van der Waals surface area contributed by atoms with Gasteiger partial charge in [0.2, 0.25) is 15.9 Å². The summed E-state index contributed by atoms with van der Waals surface area (Å²) in [5.74, 6) is -0.191. The summed E-state index contributed by atoms with van der Waals surface area (Å²) in [5.41, 5.74) is 0.834. The van der Waals surface area contributed by atoms with Gasteiger partial charge >= 0.3 is 0 Å². The Balaban J connectivity index is 1.69. The van der Waals surface area contributed by atoms with Gasteiger partial charge in [0, 0.05) is 35.8 Å². The minimum atomic E-state index is -4.00. The average Bonchev–Trinajstić information content (AvgIpc) is 3.31. The van der Waals surface area contributed by atoms with E-state index < -0.39 is 32.2 Å². The molecule has 0 saturated carbocycles. The number of carbonyl (C=O) groups excluding carboxylic acids is 1. The summed E-state index contributed by atoms with van der Waals surface area (Å²) in [6.45, 7) is 6.45. The number of aliphatic hydroxyl groups is 1. The summed E-state index contributed by atoms with van der Waals surface area (Å²) in [6, 6.07) is 9.74. The fourth-order valence-electron chi connectivity index (χ4n) is 4.89. The Hall–Kier alpha value is -3.17. The minimum absolute atomic E-state index is 0.00662. The molecule has 3 atom stereocenters. The van der Waals surface area contributed by atoms with Crippen LogP contribution in [-0.2, 0) is 31.3 Å². The molecule has 12 nitrogen and oxygen atoms in total. The van der Waals surface area contributed by atoms with E-state index in [0.29, 0.717) is 16.3 Å². The van der Waals surface area contributed by atoms with Crippen molar-refractivity contribution in [1.29, 1.82) is 0 Å². The van der Waals surface area contributed by atoms with Crippen molar-refractivity contribution in [3.63, 3.8) is 0 Å². The predicted molar refractivity (Wildman–Crippen MR) is 160 cm³/mol.